The highest BCUT2D eigenvalue weighted by Crippen LogP contribution is 2.16. The fraction of sp³-hybridized carbons (Fsp3) is 0.860. The summed E-state index contributed by atoms with van der Waals surface area (Å²) in [6.45, 7) is 7.75. The first kappa shape index (κ1) is 60.1. The number of hydrogen-bond donors (Lipinski definition) is 0. The van der Waals surface area contributed by atoms with Gasteiger partial charge in [0.05, 0.1) is 6.61 Å². The minimum absolute atomic E-state index is 0.0865. The van der Waals surface area contributed by atoms with Gasteiger partial charge in [-0.2, -0.15) is 0 Å². The number of allylic oxidation sites excluding steroid dienone is 6. The Balaban J connectivity index is 4.22. The van der Waals surface area contributed by atoms with E-state index in [9.17, 15) is 9.59 Å². The molecule has 0 aliphatic heterocycles. The first-order valence-electron chi connectivity index (χ1n) is 27.5. The Morgan fingerprint density at radius 2 is 0.726 bits per heavy atom. The number of esters is 2. The van der Waals surface area contributed by atoms with E-state index in [1.807, 2.05) is 0 Å². The summed E-state index contributed by atoms with van der Waals surface area (Å²) in [4.78, 5) is 25.4. The molecule has 0 bridgehead atoms. The zero-order valence-corrected chi connectivity index (χ0v) is 41.9. The van der Waals surface area contributed by atoms with E-state index in [0.717, 1.165) is 64.2 Å². The number of carbonyl (C=O) groups excluding carboxylic acids is 2. The molecule has 0 saturated heterocycles. The molecule has 0 saturated carbocycles. The maximum absolute atomic E-state index is 12.8. The van der Waals surface area contributed by atoms with Crippen LogP contribution in [0.25, 0.3) is 0 Å². The molecule has 0 N–H and O–H groups in total. The van der Waals surface area contributed by atoms with Gasteiger partial charge in [-0.05, 0) is 51.4 Å². The first-order chi connectivity index (χ1) is 30.6. The lowest BCUT2D eigenvalue weighted by Gasteiger charge is -2.18. The molecule has 0 aliphatic rings. The van der Waals surface area contributed by atoms with Gasteiger partial charge in [-0.25, -0.2) is 0 Å². The molecule has 0 amide bonds. The molecule has 0 aromatic rings. The molecule has 5 nitrogen and oxygen atoms in total. The molecule has 0 aromatic carbocycles. The Hall–Kier alpha value is -1.88. The number of hydrogen-bond acceptors (Lipinski definition) is 5. The minimum atomic E-state index is -0.537. The SMILES string of the molecule is CC/C=C\C/C=C\C/C=C\CCCCCCCCOCC(COC(=O)CCCCCCCCCCCCCCCCCCC)OC(=O)CCCCCCCCCCCCCCC. The quantitative estimate of drug-likeness (QED) is 0.0346. The highest BCUT2D eigenvalue weighted by molar-refractivity contribution is 5.70. The van der Waals surface area contributed by atoms with E-state index in [1.54, 1.807) is 0 Å². The van der Waals surface area contributed by atoms with Crippen molar-refractivity contribution >= 4 is 11.9 Å². The van der Waals surface area contributed by atoms with Gasteiger partial charge in [0.15, 0.2) is 6.10 Å². The third kappa shape index (κ3) is 50.8. The molecule has 0 fully saturated rings. The second kappa shape index (κ2) is 53.5. The molecule has 1 atom stereocenters. The summed E-state index contributed by atoms with van der Waals surface area (Å²) in [5.41, 5.74) is 0. The molecule has 5 heteroatoms. The lowest BCUT2D eigenvalue weighted by Crippen LogP contribution is -2.30. The van der Waals surface area contributed by atoms with Gasteiger partial charge < -0.3 is 14.2 Å². The van der Waals surface area contributed by atoms with Crippen molar-refractivity contribution in [1.82, 2.24) is 0 Å². The monoisotopic (exact) mass is 871 g/mol. The predicted octanol–water partition coefficient (Wildman–Crippen LogP) is 18.6. The van der Waals surface area contributed by atoms with Crippen LogP contribution in [0.3, 0.4) is 0 Å². The summed E-state index contributed by atoms with van der Waals surface area (Å²) in [5, 5.41) is 0. The average Bonchev–Trinajstić information content (AvgIpc) is 3.27. The number of carbonyl (C=O) groups is 2. The van der Waals surface area contributed by atoms with Crippen molar-refractivity contribution < 1.29 is 23.8 Å². The Morgan fingerprint density at radius 3 is 1.16 bits per heavy atom. The second-order valence-electron chi connectivity index (χ2n) is 18.5. The van der Waals surface area contributed by atoms with Crippen LogP contribution in [0.15, 0.2) is 36.5 Å². The molecule has 0 heterocycles. The normalized spacial score (nSPS) is 12.4. The van der Waals surface area contributed by atoms with Gasteiger partial charge in [0.25, 0.3) is 0 Å². The van der Waals surface area contributed by atoms with Crippen LogP contribution < -0.4 is 0 Å². The second-order valence-corrected chi connectivity index (χ2v) is 18.5. The molecule has 0 radical (unpaired) electrons. The molecular formula is C57H106O5. The van der Waals surface area contributed by atoms with E-state index in [1.165, 1.54) is 193 Å². The number of ether oxygens (including phenoxy) is 3. The van der Waals surface area contributed by atoms with Crippen molar-refractivity contribution in [3.63, 3.8) is 0 Å². The molecule has 0 aliphatic carbocycles. The van der Waals surface area contributed by atoms with Crippen LogP contribution in [0.1, 0.15) is 290 Å². The Labute approximate surface area is 387 Å². The van der Waals surface area contributed by atoms with Crippen LogP contribution in [0, 0.1) is 0 Å². The van der Waals surface area contributed by atoms with Crippen molar-refractivity contribution in [3.8, 4) is 0 Å². The number of rotatable bonds is 51. The van der Waals surface area contributed by atoms with Crippen LogP contribution in [-0.4, -0.2) is 37.9 Å². The standard InChI is InChI=1S/C57H106O5/c1-4-7-10-13-16-19-22-25-27-29-30-33-35-38-41-44-47-50-56(58)61-54-55(62-57(59)51-48-45-42-39-36-32-24-21-18-15-12-9-6-3)53-60-52-49-46-43-40-37-34-31-28-26-23-20-17-14-11-8-5-2/h8,11,17,20,26,28,55H,4-7,9-10,12-16,18-19,21-25,27,29-54H2,1-3H3/b11-8-,20-17-,28-26-. The average molecular weight is 871 g/mol. The van der Waals surface area contributed by atoms with E-state index in [0.29, 0.717) is 19.4 Å². The Bertz CT molecular complexity index is 986. The summed E-state index contributed by atoms with van der Waals surface area (Å²) in [7, 11) is 0. The van der Waals surface area contributed by atoms with Crippen molar-refractivity contribution in [3.05, 3.63) is 36.5 Å². The van der Waals surface area contributed by atoms with E-state index >= 15 is 0 Å². The molecule has 0 spiro atoms. The van der Waals surface area contributed by atoms with Crippen LogP contribution in [0.2, 0.25) is 0 Å². The summed E-state index contributed by atoms with van der Waals surface area (Å²) in [6.07, 6.45) is 64.4. The van der Waals surface area contributed by atoms with Gasteiger partial charge in [0.1, 0.15) is 6.61 Å². The van der Waals surface area contributed by atoms with Gasteiger partial charge in [-0.3, -0.25) is 9.59 Å². The fourth-order valence-electron chi connectivity index (χ4n) is 8.12. The summed E-state index contributed by atoms with van der Waals surface area (Å²) in [5.74, 6) is -0.386. The van der Waals surface area contributed by atoms with E-state index in [4.69, 9.17) is 14.2 Å². The highest BCUT2D eigenvalue weighted by atomic mass is 16.6. The van der Waals surface area contributed by atoms with Gasteiger partial charge in [0.2, 0.25) is 0 Å². The number of unbranched alkanes of at least 4 members (excludes halogenated alkanes) is 34. The summed E-state index contributed by atoms with van der Waals surface area (Å²) >= 11 is 0. The van der Waals surface area contributed by atoms with Crippen molar-refractivity contribution in [2.45, 2.75) is 297 Å². The molecule has 62 heavy (non-hydrogen) atoms. The molecule has 1 unspecified atom stereocenters. The molecule has 0 rings (SSSR count). The van der Waals surface area contributed by atoms with E-state index in [-0.39, 0.29) is 25.2 Å². The van der Waals surface area contributed by atoms with Crippen LogP contribution in [-0.2, 0) is 23.8 Å². The van der Waals surface area contributed by atoms with Crippen molar-refractivity contribution in [1.29, 1.82) is 0 Å². The summed E-state index contributed by atoms with van der Waals surface area (Å²) < 4.78 is 17.4. The summed E-state index contributed by atoms with van der Waals surface area (Å²) in [6, 6.07) is 0. The molecular weight excluding hydrogens is 765 g/mol. The first-order valence-corrected chi connectivity index (χ1v) is 27.5. The van der Waals surface area contributed by atoms with E-state index < -0.39 is 6.10 Å². The van der Waals surface area contributed by atoms with Crippen LogP contribution >= 0.6 is 0 Å². The zero-order chi connectivity index (χ0) is 44.9. The lowest BCUT2D eigenvalue weighted by atomic mass is 10.0. The maximum atomic E-state index is 12.8. The molecule has 364 valence electrons. The fourth-order valence-corrected chi connectivity index (χ4v) is 8.12. The van der Waals surface area contributed by atoms with Crippen molar-refractivity contribution in [2.75, 3.05) is 19.8 Å². The highest BCUT2D eigenvalue weighted by Gasteiger charge is 2.17. The predicted molar refractivity (Wildman–Crippen MR) is 270 cm³/mol. The lowest BCUT2D eigenvalue weighted by molar-refractivity contribution is -0.163. The third-order valence-corrected chi connectivity index (χ3v) is 12.2. The third-order valence-electron chi connectivity index (χ3n) is 12.2. The smallest absolute Gasteiger partial charge is 0.306 e. The van der Waals surface area contributed by atoms with Crippen molar-refractivity contribution in [2.24, 2.45) is 0 Å². The van der Waals surface area contributed by atoms with E-state index in [2.05, 4.69) is 57.2 Å². The van der Waals surface area contributed by atoms with Crippen LogP contribution in [0.5, 0.6) is 0 Å². The largest absolute Gasteiger partial charge is 0.462 e. The van der Waals surface area contributed by atoms with Gasteiger partial charge in [-0.15, -0.1) is 0 Å². The van der Waals surface area contributed by atoms with Gasteiger partial charge >= 0.3 is 11.9 Å². The molecule has 0 aromatic heterocycles. The topological polar surface area (TPSA) is 61.8 Å². The Kier molecular flexibility index (Phi) is 51.8. The Morgan fingerprint density at radius 1 is 0.371 bits per heavy atom. The zero-order valence-electron chi connectivity index (χ0n) is 41.9. The van der Waals surface area contributed by atoms with Gasteiger partial charge in [0, 0.05) is 19.4 Å². The maximum Gasteiger partial charge on any atom is 0.306 e. The van der Waals surface area contributed by atoms with Gasteiger partial charge in [-0.1, -0.05) is 263 Å². The van der Waals surface area contributed by atoms with Crippen LogP contribution in [0.4, 0.5) is 0 Å². The minimum Gasteiger partial charge on any atom is -0.462 e.